The van der Waals surface area contributed by atoms with Crippen molar-refractivity contribution < 1.29 is 14.4 Å². The summed E-state index contributed by atoms with van der Waals surface area (Å²) < 4.78 is 4.83. The highest BCUT2D eigenvalue weighted by Gasteiger charge is 2.09. The number of nitrogens with zero attached hydrogens (tertiary/aromatic N) is 2. The van der Waals surface area contributed by atoms with E-state index in [1.54, 1.807) is 6.92 Å². The number of fused-ring (bicyclic) bond motifs is 1. The molecule has 66 valence electrons. The molecule has 0 aliphatic rings. The molecular weight excluding hydrogens is 172 g/mol. The van der Waals surface area contributed by atoms with Crippen molar-refractivity contribution in [3.8, 4) is 0 Å². The summed E-state index contributed by atoms with van der Waals surface area (Å²) in [6, 6.07) is 1.50. The van der Waals surface area contributed by atoms with Gasteiger partial charge in [0.2, 0.25) is 0 Å². The zero-order valence-electron chi connectivity index (χ0n) is 6.81. The maximum atomic E-state index is 10.6. The molecule has 0 radical (unpaired) electrons. The van der Waals surface area contributed by atoms with Crippen LogP contribution in [0.25, 0.3) is 11.1 Å². The second-order valence-corrected chi connectivity index (χ2v) is 2.65. The number of rotatable bonds is 1. The van der Waals surface area contributed by atoms with Crippen LogP contribution in [0.4, 0.5) is 0 Å². The number of carboxylic acid groups (broad SMARTS) is 1. The Labute approximate surface area is 73.0 Å². The first kappa shape index (κ1) is 7.72. The maximum absolute atomic E-state index is 10.6. The van der Waals surface area contributed by atoms with Crippen LogP contribution >= 0.6 is 0 Å². The first-order chi connectivity index (χ1) is 6.18. The van der Waals surface area contributed by atoms with Gasteiger partial charge in [-0.1, -0.05) is 5.16 Å². The number of aromatic nitrogens is 2. The van der Waals surface area contributed by atoms with Crippen LogP contribution in [0.1, 0.15) is 16.1 Å². The van der Waals surface area contributed by atoms with E-state index in [9.17, 15) is 4.79 Å². The molecule has 0 aliphatic heterocycles. The molecule has 2 heterocycles. The number of hydrogen-bond acceptors (Lipinski definition) is 4. The summed E-state index contributed by atoms with van der Waals surface area (Å²) in [5.74, 6) is -1.00. The van der Waals surface area contributed by atoms with Gasteiger partial charge in [-0.05, 0) is 13.0 Å². The van der Waals surface area contributed by atoms with Crippen molar-refractivity contribution in [2.45, 2.75) is 6.92 Å². The van der Waals surface area contributed by atoms with E-state index < -0.39 is 5.97 Å². The van der Waals surface area contributed by atoms with Crippen LogP contribution in [0, 0.1) is 6.92 Å². The second-order valence-electron chi connectivity index (χ2n) is 2.65. The lowest BCUT2D eigenvalue weighted by Crippen LogP contribution is -1.96. The molecule has 2 rings (SSSR count). The third kappa shape index (κ3) is 1.14. The van der Waals surface area contributed by atoms with E-state index in [1.807, 2.05) is 0 Å². The van der Waals surface area contributed by atoms with Gasteiger partial charge in [0.1, 0.15) is 0 Å². The van der Waals surface area contributed by atoms with E-state index in [4.69, 9.17) is 9.63 Å². The summed E-state index contributed by atoms with van der Waals surface area (Å²) in [7, 11) is 0. The molecule has 13 heavy (non-hydrogen) atoms. The van der Waals surface area contributed by atoms with Gasteiger partial charge in [-0.25, -0.2) is 9.78 Å². The molecule has 0 saturated heterocycles. The third-order valence-corrected chi connectivity index (χ3v) is 1.76. The van der Waals surface area contributed by atoms with E-state index in [2.05, 4.69) is 10.1 Å². The lowest BCUT2D eigenvalue weighted by molar-refractivity contribution is 0.0696. The Balaban J connectivity index is 2.72. The first-order valence-corrected chi connectivity index (χ1v) is 3.64. The van der Waals surface area contributed by atoms with Gasteiger partial charge in [-0.3, -0.25) is 0 Å². The van der Waals surface area contributed by atoms with Crippen LogP contribution < -0.4 is 0 Å². The van der Waals surface area contributed by atoms with Crippen molar-refractivity contribution >= 4 is 17.1 Å². The lowest BCUT2D eigenvalue weighted by atomic mass is 10.2. The molecule has 2 aromatic heterocycles. The highest BCUT2D eigenvalue weighted by molar-refractivity contribution is 5.91. The van der Waals surface area contributed by atoms with Crippen molar-refractivity contribution in [3.05, 3.63) is 23.5 Å². The average molecular weight is 178 g/mol. The Morgan fingerprint density at radius 2 is 2.38 bits per heavy atom. The van der Waals surface area contributed by atoms with E-state index in [1.165, 1.54) is 12.3 Å². The molecule has 0 aromatic carbocycles. The molecule has 0 bridgehead atoms. The quantitative estimate of drug-likeness (QED) is 0.710. The predicted molar refractivity (Wildman–Crippen MR) is 43.5 cm³/mol. The first-order valence-electron chi connectivity index (χ1n) is 3.64. The smallest absolute Gasteiger partial charge is 0.337 e. The average Bonchev–Trinajstić information content (AvgIpc) is 2.47. The Hall–Kier alpha value is -1.91. The monoisotopic (exact) mass is 178 g/mol. The number of aryl methyl sites for hydroxylation is 1. The Morgan fingerprint density at radius 1 is 1.62 bits per heavy atom. The van der Waals surface area contributed by atoms with Gasteiger partial charge < -0.3 is 9.63 Å². The summed E-state index contributed by atoms with van der Waals surface area (Å²) >= 11 is 0. The van der Waals surface area contributed by atoms with Crippen LogP contribution in [-0.4, -0.2) is 21.2 Å². The number of carboxylic acids is 1. The fraction of sp³-hybridized carbons (Fsp3) is 0.125. The zero-order valence-corrected chi connectivity index (χ0v) is 6.81. The van der Waals surface area contributed by atoms with Gasteiger partial charge in [-0.2, -0.15) is 0 Å². The molecule has 0 aliphatic carbocycles. The Bertz CT molecular complexity index is 475. The molecule has 2 aromatic rings. The van der Waals surface area contributed by atoms with Crippen LogP contribution in [0.15, 0.2) is 16.8 Å². The molecule has 0 spiro atoms. The van der Waals surface area contributed by atoms with Crippen LogP contribution in [0.2, 0.25) is 0 Å². The van der Waals surface area contributed by atoms with Crippen molar-refractivity contribution in [3.63, 3.8) is 0 Å². The molecule has 5 heteroatoms. The van der Waals surface area contributed by atoms with Crippen molar-refractivity contribution in [1.29, 1.82) is 0 Å². The maximum Gasteiger partial charge on any atom is 0.337 e. The van der Waals surface area contributed by atoms with Crippen LogP contribution in [-0.2, 0) is 0 Å². The minimum atomic E-state index is -1.00. The Kier molecular flexibility index (Phi) is 1.51. The van der Waals surface area contributed by atoms with Crippen LogP contribution in [0.5, 0.6) is 0 Å². The molecule has 0 amide bonds. The number of pyridine rings is 1. The molecule has 0 atom stereocenters. The molecule has 0 unspecified atom stereocenters. The lowest BCUT2D eigenvalue weighted by Gasteiger charge is -1.91. The molecule has 0 saturated carbocycles. The number of hydrogen-bond donors (Lipinski definition) is 1. The topological polar surface area (TPSA) is 76.2 Å². The summed E-state index contributed by atoms with van der Waals surface area (Å²) in [5, 5.41) is 13.0. The third-order valence-electron chi connectivity index (χ3n) is 1.76. The van der Waals surface area contributed by atoms with Gasteiger partial charge in [-0.15, -0.1) is 0 Å². The van der Waals surface area contributed by atoms with Gasteiger partial charge in [0.25, 0.3) is 5.71 Å². The highest BCUT2D eigenvalue weighted by Crippen LogP contribution is 2.16. The standard InChI is InChI=1S/C8H6N2O3/c1-4-6-2-5(8(11)12)3-9-7(6)13-10-4/h2-3H,1H3,(H,11,12). The van der Waals surface area contributed by atoms with Gasteiger partial charge in [0.05, 0.1) is 16.6 Å². The van der Waals surface area contributed by atoms with Gasteiger partial charge in [0, 0.05) is 6.20 Å². The van der Waals surface area contributed by atoms with Crippen LogP contribution in [0.3, 0.4) is 0 Å². The van der Waals surface area contributed by atoms with Crippen molar-refractivity contribution in [1.82, 2.24) is 10.1 Å². The fourth-order valence-electron chi connectivity index (χ4n) is 1.06. The minimum absolute atomic E-state index is 0.138. The molecular formula is C8H6N2O3. The van der Waals surface area contributed by atoms with Crippen molar-refractivity contribution in [2.75, 3.05) is 0 Å². The summed E-state index contributed by atoms with van der Waals surface area (Å²) in [6.07, 6.45) is 1.25. The zero-order chi connectivity index (χ0) is 9.42. The molecule has 5 nitrogen and oxygen atoms in total. The van der Waals surface area contributed by atoms with Gasteiger partial charge >= 0.3 is 5.97 Å². The number of carbonyl (C=O) groups is 1. The molecule has 0 fully saturated rings. The van der Waals surface area contributed by atoms with Crippen molar-refractivity contribution in [2.24, 2.45) is 0 Å². The fourth-order valence-corrected chi connectivity index (χ4v) is 1.06. The summed E-state index contributed by atoms with van der Waals surface area (Å²) in [6.45, 7) is 1.74. The summed E-state index contributed by atoms with van der Waals surface area (Å²) in [4.78, 5) is 14.4. The van der Waals surface area contributed by atoms with E-state index in [0.717, 1.165) is 0 Å². The largest absolute Gasteiger partial charge is 0.478 e. The predicted octanol–water partition coefficient (Wildman–Crippen LogP) is 1.23. The van der Waals surface area contributed by atoms with E-state index >= 15 is 0 Å². The van der Waals surface area contributed by atoms with Gasteiger partial charge in [0.15, 0.2) is 0 Å². The van der Waals surface area contributed by atoms with E-state index in [0.29, 0.717) is 16.8 Å². The highest BCUT2D eigenvalue weighted by atomic mass is 16.5. The normalized spacial score (nSPS) is 10.5. The minimum Gasteiger partial charge on any atom is -0.478 e. The number of aromatic carboxylic acids is 1. The Morgan fingerprint density at radius 3 is 3.08 bits per heavy atom. The molecule has 1 N–H and O–H groups in total. The van der Waals surface area contributed by atoms with E-state index in [-0.39, 0.29) is 5.56 Å². The second kappa shape index (κ2) is 2.55. The summed E-state index contributed by atoms with van der Waals surface area (Å²) in [5.41, 5.74) is 1.15. The SMILES string of the molecule is Cc1noc2ncc(C(=O)O)cc12.